The molecule has 0 spiro atoms. The lowest BCUT2D eigenvalue weighted by atomic mass is 9.83. The van der Waals surface area contributed by atoms with Gasteiger partial charge in [-0.25, -0.2) is 13.1 Å². The van der Waals surface area contributed by atoms with Crippen LogP contribution in [0, 0.1) is 5.41 Å². The van der Waals surface area contributed by atoms with E-state index in [1.807, 2.05) is 6.07 Å². The fourth-order valence-corrected chi connectivity index (χ4v) is 4.56. The van der Waals surface area contributed by atoms with Crippen LogP contribution >= 0.6 is 11.6 Å². The number of sulfonamides is 1. The van der Waals surface area contributed by atoms with Gasteiger partial charge in [-0.1, -0.05) is 37.9 Å². The summed E-state index contributed by atoms with van der Waals surface area (Å²) in [7, 11) is -3.58. The van der Waals surface area contributed by atoms with Gasteiger partial charge in [0.1, 0.15) is 4.90 Å². The molecule has 2 N–H and O–H groups in total. The Morgan fingerprint density at radius 2 is 2.18 bits per heavy atom. The molecule has 1 unspecified atom stereocenters. The van der Waals surface area contributed by atoms with Gasteiger partial charge in [0.05, 0.1) is 5.02 Å². The predicted octanol–water partition coefficient (Wildman–Crippen LogP) is 2.96. The second kappa shape index (κ2) is 7.30. The third kappa shape index (κ3) is 4.44. The molecule has 0 radical (unpaired) electrons. The summed E-state index contributed by atoms with van der Waals surface area (Å²) in [6.45, 7) is 6.44. The molecule has 0 saturated carbocycles. The molecule has 2 rings (SSSR count). The molecule has 1 heterocycles. The number of nitrogens with one attached hydrogen (secondary N) is 2. The van der Waals surface area contributed by atoms with Gasteiger partial charge in [-0.2, -0.15) is 0 Å². The van der Waals surface area contributed by atoms with Crippen LogP contribution in [0.25, 0.3) is 0 Å². The summed E-state index contributed by atoms with van der Waals surface area (Å²) in [5, 5.41) is 3.60. The molecular formula is C16H25ClN2O2S. The minimum atomic E-state index is -3.58. The molecule has 0 bridgehead atoms. The maximum atomic E-state index is 12.6. The molecule has 1 aromatic carbocycles. The third-order valence-corrected chi connectivity index (χ3v) is 6.08. The standard InChI is InChI=1S/C16H25ClN2O2S/c1-3-5-13-6-7-14(17)15(10-13)22(20,21)19-12-16(2)8-4-9-18-11-16/h6-7,10,18-19H,3-5,8-9,11-12H2,1-2H3. The van der Waals surface area contributed by atoms with Crippen LogP contribution in [-0.4, -0.2) is 28.1 Å². The zero-order valence-corrected chi connectivity index (χ0v) is 14.9. The van der Waals surface area contributed by atoms with Crippen molar-refractivity contribution in [3.63, 3.8) is 0 Å². The summed E-state index contributed by atoms with van der Waals surface area (Å²) in [4.78, 5) is 0.187. The van der Waals surface area contributed by atoms with Crippen molar-refractivity contribution in [3.05, 3.63) is 28.8 Å². The maximum absolute atomic E-state index is 12.6. The quantitative estimate of drug-likeness (QED) is 0.834. The van der Waals surface area contributed by atoms with E-state index in [0.717, 1.165) is 44.3 Å². The van der Waals surface area contributed by atoms with Gasteiger partial charge >= 0.3 is 0 Å². The van der Waals surface area contributed by atoms with Crippen molar-refractivity contribution in [2.24, 2.45) is 5.41 Å². The average molecular weight is 345 g/mol. The number of hydrogen-bond donors (Lipinski definition) is 2. The predicted molar refractivity (Wildman–Crippen MR) is 90.8 cm³/mol. The number of halogens is 1. The average Bonchev–Trinajstić information content (AvgIpc) is 2.48. The fourth-order valence-electron chi connectivity index (χ4n) is 2.81. The van der Waals surface area contributed by atoms with Crippen molar-refractivity contribution in [3.8, 4) is 0 Å². The van der Waals surface area contributed by atoms with Gasteiger partial charge in [-0.15, -0.1) is 0 Å². The van der Waals surface area contributed by atoms with Crippen LogP contribution in [0.1, 0.15) is 38.7 Å². The van der Waals surface area contributed by atoms with Crippen molar-refractivity contribution in [1.29, 1.82) is 0 Å². The van der Waals surface area contributed by atoms with Crippen LogP contribution in [0.2, 0.25) is 5.02 Å². The summed E-state index contributed by atoms with van der Waals surface area (Å²) < 4.78 is 27.9. The van der Waals surface area contributed by atoms with Gasteiger partial charge in [-0.3, -0.25) is 0 Å². The van der Waals surface area contributed by atoms with Gasteiger partial charge in [0.2, 0.25) is 10.0 Å². The molecule has 0 aliphatic carbocycles. The van der Waals surface area contributed by atoms with Crippen LogP contribution in [0.15, 0.2) is 23.1 Å². The van der Waals surface area contributed by atoms with Gasteiger partial charge in [0.25, 0.3) is 0 Å². The second-order valence-corrected chi connectivity index (χ2v) is 8.57. The molecule has 0 aromatic heterocycles. The molecule has 22 heavy (non-hydrogen) atoms. The molecule has 124 valence electrons. The zero-order valence-electron chi connectivity index (χ0n) is 13.3. The number of piperidine rings is 1. The van der Waals surface area contributed by atoms with E-state index in [9.17, 15) is 8.42 Å². The van der Waals surface area contributed by atoms with Crippen molar-refractivity contribution >= 4 is 21.6 Å². The molecule has 1 fully saturated rings. The SMILES string of the molecule is CCCc1ccc(Cl)c(S(=O)(=O)NCC2(C)CCCNC2)c1. The summed E-state index contributed by atoms with van der Waals surface area (Å²) in [5.41, 5.74) is 0.955. The third-order valence-electron chi connectivity index (χ3n) is 4.20. The summed E-state index contributed by atoms with van der Waals surface area (Å²) in [5.74, 6) is 0. The van der Waals surface area contributed by atoms with Crippen molar-refractivity contribution in [2.45, 2.75) is 44.4 Å². The summed E-state index contributed by atoms with van der Waals surface area (Å²) in [6, 6.07) is 5.25. The Morgan fingerprint density at radius 3 is 2.82 bits per heavy atom. The Kier molecular flexibility index (Phi) is 5.88. The Morgan fingerprint density at radius 1 is 1.41 bits per heavy atom. The highest BCUT2D eigenvalue weighted by molar-refractivity contribution is 7.89. The van der Waals surface area contributed by atoms with E-state index in [1.54, 1.807) is 12.1 Å². The van der Waals surface area contributed by atoms with E-state index >= 15 is 0 Å². The molecule has 1 aromatic rings. The zero-order chi connectivity index (χ0) is 16.2. The van der Waals surface area contributed by atoms with Gasteiger partial charge < -0.3 is 5.32 Å². The molecule has 1 aliphatic heterocycles. The first kappa shape index (κ1) is 17.7. The van der Waals surface area contributed by atoms with Crippen molar-refractivity contribution in [1.82, 2.24) is 10.0 Å². The summed E-state index contributed by atoms with van der Waals surface area (Å²) in [6.07, 6.45) is 3.91. The smallest absolute Gasteiger partial charge is 0.242 e. The number of hydrogen-bond acceptors (Lipinski definition) is 3. The highest BCUT2D eigenvalue weighted by Gasteiger charge is 2.29. The Balaban J connectivity index is 2.14. The molecule has 0 amide bonds. The maximum Gasteiger partial charge on any atom is 0.242 e. The minimum Gasteiger partial charge on any atom is -0.316 e. The number of rotatable bonds is 6. The first-order chi connectivity index (χ1) is 10.4. The minimum absolute atomic E-state index is 0.0428. The van der Waals surface area contributed by atoms with E-state index in [4.69, 9.17) is 11.6 Å². The van der Waals surface area contributed by atoms with Gasteiger partial charge in [-0.05, 0) is 48.9 Å². The topological polar surface area (TPSA) is 58.2 Å². The Bertz CT molecular complexity index is 611. The first-order valence-electron chi connectivity index (χ1n) is 7.85. The van der Waals surface area contributed by atoms with Crippen molar-refractivity contribution in [2.75, 3.05) is 19.6 Å². The molecule has 1 atom stereocenters. The molecule has 1 aliphatic rings. The van der Waals surface area contributed by atoms with E-state index < -0.39 is 10.0 Å². The van der Waals surface area contributed by atoms with E-state index in [1.165, 1.54) is 0 Å². The highest BCUT2D eigenvalue weighted by atomic mass is 35.5. The van der Waals surface area contributed by atoms with E-state index in [-0.39, 0.29) is 15.3 Å². The van der Waals surface area contributed by atoms with Crippen LogP contribution < -0.4 is 10.0 Å². The van der Waals surface area contributed by atoms with Crippen LogP contribution in [0.4, 0.5) is 0 Å². The van der Waals surface area contributed by atoms with Crippen molar-refractivity contribution < 1.29 is 8.42 Å². The second-order valence-electron chi connectivity index (χ2n) is 6.43. The van der Waals surface area contributed by atoms with Crippen LogP contribution in [0.3, 0.4) is 0 Å². The first-order valence-corrected chi connectivity index (χ1v) is 9.71. The molecule has 4 nitrogen and oxygen atoms in total. The lowest BCUT2D eigenvalue weighted by Gasteiger charge is -2.34. The van der Waals surface area contributed by atoms with Crippen LogP contribution in [-0.2, 0) is 16.4 Å². The Labute approximate surface area is 138 Å². The number of aryl methyl sites for hydroxylation is 1. The molecular weight excluding hydrogens is 320 g/mol. The van der Waals surface area contributed by atoms with Gasteiger partial charge in [0, 0.05) is 13.1 Å². The Hall–Kier alpha value is -0.620. The summed E-state index contributed by atoms with van der Waals surface area (Å²) >= 11 is 6.11. The monoisotopic (exact) mass is 344 g/mol. The lowest BCUT2D eigenvalue weighted by Crippen LogP contribution is -2.45. The van der Waals surface area contributed by atoms with Gasteiger partial charge in [0.15, 0.2) is 0 Å². The van der Waals surface area contributed by atoms with E-state index in [2.05, 4.69) is 23.9 Å². The fraction of sp³-hybridized carbons (Fsp3) is 0.625. The number of benzene rings is 1. The normalized spacial score (nSPS) is 22.7. The lowest BCUT2D eigenvalue weighted by molar-refractivity contribution is 0.238. The van der Waals surface area contributed by atoms with E-state index in [0.29, 0.717) is 6.54 Å². The molecule has 6 heteroatoms. The highest BCUT2D eigenvalue weighted by Crippen LogP contribution is 2.27. The molecule has 1 saturated heterocycles. The van der Waals surface area contributed by atoms with Crippen LogP contribution in [0.5, 0.6) is 0 Å². The largest absolute Gasteiger partial charge is 0.316 e.